The van der Waals surface area contributed by atoms with E-state index in [0.717, 1.165) is 13.1 Å². The van der Waals surface area contributed by atoms with Crippen LogP contribution in [0.15, 0.2) is 0 Å². The molecule has 0 radical (unpaired) electrons. The van der Waals surface area contributed by atoms with Crippen LogP contribution in [0.2, 0.25) is 0 Å². The van der Waals surface area contributed by atoms with Gasteiger partial charge in [0.1, 0.15) is 0 Å². The number of ether oxygens (including phenoxy) is 1. The van der Waals surface area contributed by atoms with Crippen molar-refractivity contribution < 1.29 is 14.6 Å². The number of methoxy groups -OCH3 is 1. The average Bonchev–Trinajstić information content (AvgIpc) is 2.00. The molecular formula is C8H15NO3. The molecule has 0 aromatic rings. The Morgan fingerprint density at radius 3 is 2.75 bits per heavy atom. The number of carbonyl (C=O) groups is 1. The van der Waals surface area contributed by atoms with Crippen LogP contribution in [0.1, 0.15) is 6.92 Å². The molecule has 1 N–H and O–H groups in total. The molecule has 1 rings (SSSR count). The van der Waals surface area contributed by atoms with Crippen molar-refractivity contribution in [2.24, 2.45) is 5.92 Å². The van der Waals surface area contributed by atoms with Gasteiger partial charge in [0, 0.05) is 19.6 Å². The minimum Gasteiger partial charge on any atom is -0.467 e. The molecule has 0 aliphatic carbocycles. The summed E-state index contributed by atoms with van der Waals surface area (Å²) in [5.41, 5.74) is 0. The Balaban J connectivity index is 2.18. The molecule has 1 aliphatic rings. The highest BCUT2D eigenvalue weighted by Gasteiger charge is 2.27. The lowest BCUT2D eigenvalue weighted by atomic mass is 10.0. The van der Waals surface area contributed by atoms with Crippen molar-refractivity contribution >= 4 is 5.97 Å². The van der Waals surface area contributed by atoms with Crippen molar-refractivity contribution in [3.8, 4) is 0 Å². The number of likely N-dealkylation sites (tertiary alicyclic amines) is 1. The minimum atomic E-state index is -0.984. The fraction of sp³-hybridized carbons (Fsp3) is 0.875. The van der Waals surface area contributed by atoms with E-state index in [1.807, 2.05) is 4.90 Å². The summed E-state index contributed by atoms with van der Waals surface area (Å²) in [6.45, 7) is 4.47. The van der Waals surface area contributed by atoms with Crippen LogP contribution in [-0.4, -0.2) is 48.8 Å². The van der Waals surface area contributed by atoms with E-state index in [4.69, 9.17) is 0 Å². The molecule has 1 heterocycles. The van der Waals surface area contributed by atoms with Gasteiger partial charge in [-0.05, 0) is 5.92 Å². The maximum absolute atomic E-state index is 10.8. The van der Waals surface area contributed by atoms with E-state index in [9.17, 15) is 9.90 Å². The molecular weight excluding hydrogens is 158 g/mol. The first-order chi connectivity index (χ1) is 5.63. The molecule has 70 valence electrons. The molecule has 4 nitrogen and oxygen atoms in total. The molecule has 12 heavy (non-hydrogen) atoms. The fourth-order valence-electron chi connectivity index (χ4n) is 1.43. The minimum absolute atomic E-state index is 0.400. The standard InChI is InChI=1S/C8H15NO3/c1-6-3-9(4-6)5-7(10)8(11)12-2/h6-7,10H,3-5H2,1-2H3. The number of nitrogens with zero attached hydrogens (tertiary/aromatic N) is 1. The number of aliphatic hydroxyl groups excluding tert-OH is 1. The summed E-state index contributed by atoms with van der Waals surface area (Å²) in [6.07, 6.45) is -0.984. The molecule has 0 spiro atoms. The Kier molecular flexibility index (Phi) is 3.05. The van der Waals surface area contributed by atoms with Gasteiger partial charge in [0.25, 0.3) is 0 Å². The van der Waals surface area contributed by atoms with E-state index in [1.54, 1.807) is 0 Å². The van der Waals surface area contributed by atoms with Gasteiger partial charge in [0.05, 0.1) is 7.11 Å². The molecule has 1 fully saturated rings. The summed E-state index contributed by atoms with van der Waals surface area (Å²) in [5, 5.41) is 9.22. The maximum atomic E-state index is 10.8. The average molecular weight is 173 g/mol. The topological polar surface area (TPSA) is 49.8 Å². The number of carbonyl (C=O) groups excluding carboxylic acids is 1. The number of esters is 1. The van der Waals surface area contributed by atoms with E-state index in [0.29, 0.717) is 12.5 Å². The first-order valence-corrected chi connectivity index (χ1v) is 4.11. The first kappa shape index (κ1) is 9.48. The van der Waals surface area contributed by atoms with Crippen molar-refractivity contribution in [3.63, 3.8) is 0 Å². The Hall–Kier alpha value is -0.610. The molecule has 0 aromatic heterocycles. The van der Waals surface area contributed by atoms with Crippen LogP contribution >= 0.6 is 0 Å². The Morgan fingerprint density at radius 1 is 1.75 bits per heavy atom. The van der Waals surface area contributed by atoms with E-state index >= 15 is 0 Å². The zero-order valence-corrected chi connectivity index (χ0v) is 7.49. The van der Waals surface area contributed by atoms with Crippen LogP contribution in [0, 0.1) is 5.92 Å². The van der Waals surface area contributed by atoms with E-state index in [1.165, 1.54) is 7.11 Å². The zero-order chi connectivity index (χ0) is 9.14. The predicted molar refractivity (Wildman–Crippen MR) is 43.6 cm³/mol. The van der Waals surface area contributed by atoms with Crippen LogP contribution in [-0.2, 0) is 9.53 Å². The first-order valence-electron chi connectivity index (χ1n) is 4.11. The molecule has 4 heteroatoms. The highest BCUT2D eigenvalue weighted by molar-refractivity contribution is 5.74. The van der Waals surface area contributed by atoms with Crippen LogP contribution in [0.4, 0.5) is 0 Å². The van der Waals surface area contributed by atoms with Crippen LogP contribution in [0.3, 0.4) is 0 Å². The SMILES string of the molecule is COC(=O)C(O)CN1CC(C)C1. The number of hydrogen-bond donors (Lipinski definition) is 1. The van der Waals surface area contributed by atoms with Crippen LogP contribution in [0.5, 0.6) is 0 Å². The summed E-state index contributed by atoms with van der Waals surface area (Å²) < 4.78 is 4.39. The lowest BCUT2D eigenvalue weighted by Gasteiger charge is -2.37. The highest BCUT2D eigenvalue weighted by atomic mass is 16.5. The van der Waals surface area contributed by atoms with E-state index in [2.05, 4.69) is 11.7 Å². The van der Waals surface area contributed by atoms with Crippen molar-refractivity contribution in [2.75, 3.05) is 26.7 Å². The molecule has 1 aliphatic heterocycles. The molecule has 1 saturated heterocycles. The summed E-state index contributed by atoms with van der Waals surface area (Å²) in [7, 11) is 1.28. The number of β-amino-alcohol motifs (C(OH)–C–C–N with tert-alkyl or cyclic N) is 1. The molecule has 0 amide bonds. The van der Waals surface area contributed by atoms with Crippen LogP contribution in [0.25, 0.3) is 0 Å². The third kappa shape index (κ3) is 2.19. The molecule has 1 atom stereocenters. The molecule has 1 unspecified atom stereocenters. The van der Waals surface area contributed by atoms with Gasteiger partial charge < -0.3 is 9.84 Å². The second-order valence-electron chi connectivity index (χ2n) is 3.36. The zero-order valence-electron chi connectivity index (χ0n) is 7.49. The smallest absolute Gasteiger partial charge is 0.336 e. The number of hydrogen-bond acceptors (Lipinski definition) is 4. The largest absolute Gasteiger partial charge is 0.467 e. The van der Waals surface area contributed by atoms with Gasteiger partial charge in [0.2, 0.25) is 0 Å². The number of rotatable bonds is 3. The predicted octanol–water partition coefficient (Wildman–Crippen LogP) is -0.528. The van der Waals surface area contributed by atoms with Gasteiger partial charge in [-0.15, -0.1) is 0 Å². The van der Waals surface area contributed by atoms with Crippen LogP contribution < -0.4 is 0 Å². The lowest BCUT2D eigenvalue weighted by Crippen LogP contribution is -2.49. The summed E-state index contributed by atoms with van der Waals surface area (Å²) in [4.78, 5) is 12.8. The lowest BCUT2D eigenvalue weighted by molar-refractivity contribution is -0.152. The van der Waals surface area contributed by atoms with Crippen molar-refractivity contribution in [3.05, 3.63) is 0 Å². The van der Waals surface area contributed by atoms with Gasteiger partial charge in [-0.25, -0.2) is 4.79 Å². The quantitative estimate of drug-likeness (QED) is 0.583. The monoisotopic (exact) mass is 173 g/mol. The van der Waals surface area contributed by atoms with E-state index in [-0.39, 0.29) is 0 Å². The second kappa shape index (κ2) is 3.87. The second-order valence-corrected chi connectivity index (χ2v) is 3.36. The van der Waals surface area contributed by atoms with Gasteiger partial charge in [-0.2, -0.15) is 0 Å². The third-order valence-corrected chi connectivity index (χ3v) is 2.04. The van der Waals surface area contributed by atoms with E-state index < -0.39 is 12.1 Å². The van der Waals surface area contributed by atoms with Gasteiger partial charge >= 0.3 is 5.97 Å². The van der Waals surface area contributed by atoms with Crippen molar-refractivity contribution in [1.29, 1.82) is 0 Å². The normalized spacial score (nSPS) is 21.6. The van der Waals surface area contributed by atoms with Gasteiger partial charge in [0.15, 0.2) is 6.10 Å². The Morgan fingerprint density at radius 2 is 2.33 bits per heavy atom. The fourth-order valence-corrected chi connectivity index (χ4v) is 1.43. The van der Waals surface area contributed by atoms with Gasteiger partial charge in [-0.1, -0.05) is 6.92 Å². The number of aliphatic hydroxyl groups is 1. The summed E-state index contributed by atoms with van der Waals surface area (Å²) >= 11 is 0. The van der Waals surface area contributed by atoms with Crippen molar-refractivity contribution in [1.82, 2.24) is 4.90 Å². The molecule has 0 bridgehead atoms. The highest BCUT2D eigenvalue weighted by Crippen LogP contribution is 2.14. The van der Waals surface area contributed by atoms with Gasteiger partial charge in [-0.3, -0.25) is 4.90 Å². The molecule has 0 saturated carbocycles. The third-order valence-electron chi connectivity index (χ3n) is 2.04. The van der Waals surface area contributed by atoms with Crippen molar-refractivity contribution in [2.45, 2.75) is 13.0 Å². The summed E-state index contributed by atoms with van der Waals surface area (Å²) in [5.74, 6) is 0.143. The maximum Gasteiger partial charge on any atom is 0.336 e. The Labute approximate surface area is 72.1 Å². The summed E-state index contributed by atoms with van der Waals surface area (Å²) in [6, 6.07) is 0. The Bertz CT molecular complexity index is 166. The molecule has 0 aromatic carbocycles.